The Hall–Kier alpha value is -2.14. The number of pyridine rings is 1. The van der Waals surface area contributed by atoms with Gasteiger partial charge in [0, 0.05) is 30.7 Å². The van der Waals surface area contributed by atoms with Gasteiger partial charge < -0.3 is 15.2 Å². The van der Waals surface area contributed by atoms with Crippen LogP contribution in [0.4, 0.5) is 0 Å². The summed E-state index contributed by atoms with van der Waals surface area (Å²) in [5, 5.41) is 6.22. The molecule has 0 bridgehead atoms. The van der Waals surface area contributed by atoms with Crippen LogP contribution in [0.25, 0.3) is 5.82 Å². The third-order valence-electron chi connectivity index (χ3n) is 3.57. The second-order valence-electron chi connectivity index (χ2n) is 5.31. The Bertz CT molecular complexity index is 619. The molecule has 0 aliphatic rings. The first-order valence-corrected chi connectivity index (χ1v) is 7.74. The van der Waals surface area contributed by atoms with Crippen molar-refractivity contribution in [1.29, 1.82) is 0 Å². The highest BCUT2D eigenvalue weighted by atomic mass is 16.1. The molecule has 2 aromatic heterocycles. The molecule has 5 heteroatoms. The van der Waals surface area contributed by atoms with Crippen LogP contribution in [-0.4, -0.2) is 35.1 Å². The van der Waals surface area contributed by atoms with Crippen molar-refractivity contribution < 1.29 is 4.79 Å². The van der Waals surface area contributed by atoms with Crippen molar-refractivity contribution in [3.63, 3.8) is 0 Å². The lowest BCUT2D eigenvalue weighted by molar-refractivity contribution is 0.0953. The smallest absolute Gasteiger partial charge is 0.253 e. The van der Waals surface area contributed by atoms with Crippen molar-refractivity contribution in [3.05, 3.63) is 47.4 Å². The quantitative estimate of drug-likeness (QED) is 0.771. The Morgan fingerprint density at radius 3 is 2.73 bits per heavy atom. The van der Waals surface area contributed by atoms with E-state index in [0.29, 0.717) is 12.1 Å². The van der Waals surface area contributed by atoms with Crippen LogP contribution in [0.5, 0.6) is 0 Å². The van der Waals surface area contributed by atoms with Gasteiger partial charge in [-0.15, -0.1) is 0 Å². The second-order valence-corrected chi connectivity index (χ2v) is 5.31. The van der Waals surface area contributed by atoms with Crippen molar-refractivity contribution in [2.75, 3.05) is 19.6 Å². The van der Waals surface area contributed by atoms with E-state index in [-0.39, 0.29) is 5.91 Å². The van der Waals surface area contributed by atoms with Gasteiger partial charge in [0.2, 0.25) is 0 Å². The van der Waals surface area contributed by atoms with Gasteiger partial charge in [0.15, 0.2) is 0 Å². The number of aryl methyl sites for hydroxylation is 1. The van der Waals surface area contributed by atoms with Crippen LogP contribution in [0.1, 0.15) is 35.1 Å². The number of carbonyl (C=O) groups is 1. The zero-order valence-electron chi connectivity index (χ0n) is 13.5. The average Bonchev–Trinajstić information content (AvgIpc) is 2.82. The fraction of sp³-hybridized carbons (Fsp3) is 0.412. The highest BCUT2D eigenvalue weighted by Crippen LogP contribution is 2.19. The van der Waals surface area contributed by atoms with Crippen LogP contribution < -0.4 is 10.6 Å². The molecule has 5 nitrogen and oxygen atoms in total. The molecule has 22 heavy (non-hydrogen) atoms. The summed E-state index contributed by atoms with van der Waals surface area (Å²) >= 11 is 0. The molecule has 0 saturated carbocycles. The van der Waals surface area contributed by atoms with Gasteiger partial charge >= 0.3 is 0 Å². The van der Waals surface area contributed by atoms with Crippen LogP contribution in [0.2, 0.25) is 0 Å². The third-order valence-corrected chi connectivity index (χ3v) is 3.57. The summed E-state index contributed by atoms with van der Waals surface area (Å²) in [4.78, 5) is 16.7. The Morgan fingerprint density at radius 1 is 1.23 bits per heavy atom. The van der Waals surface area contributed by atoms with Crippen molar-refractivity contribution >= 4 is 5.91 Å². The molecule has 118 valence electrons. The normalized spacial score (nSPS) is 10.7. The van der Waals surface area contributed by atoms with Crippen molar-refractivity contribution in [1.82, 2.24) is 20.2 Å². The SMILES string of the molecule is CCCNCCNC(=O)c1cc(C)n(-c2ccccn2)c1C. The molecule has 0 spiro atoms. The van der Waals surface area contributed by atoms with Crippen LogP contribution >= 0.6 is 0 Å². The molecule has 0 aromatic carbocycles. The summed E-state index contributed by atoms with van der Waals surface area (Å²) < 4.78 is 2.00. The summed E-state index contributed by atoms with van der Waals surface area (Å²) in [6, 6.07) is 7.68. The summed E-state index contributed by atoms with van der Waals surface area (Å²) in [5.41, 5.74) is 2.62. The monoisotopic (exact) mass is 300 g/mol. The van der Waals surface area contributed by atoms with Gasteiger partial charge in [-0.05, 0) is 45.0 Å². The zero-order valence-corrected chi connectivity index (χ0v) is 13.5. The molecule has 0 radical (unpaired) electrons. The topological polar surface area (TPSA) is 58.9 Å². The Labute approximate surface area is 131 Å². The number of carbonyl (C=O) groups excluding carboxylic acids is 1. The van der Waals surface area contributed by atoms with Gasteiger partial charge in [0.05, 0.1) is 5.56 Å². The van der Waals surface area contributed by atoms with Gasteiger partial charge in [-0.2, -0.15) is 0 Å². The maximum Gasteiger partial charge on any atom is 0.253 e. The molecular formula is C17H24N4O. The van der Waals surface area contributed by atoms with E-state index in [1.807, 2.05) is 42.7 Å². The number of nitrogens with one attached hydrogen (secondary N) is 2. The minimum absolute atomic E-state index is 0.0337. The number of amides is 1. The van der Waals surface area contributed by atoms with Gasteiger partial charge in [-0.1, -0.05) is 13.0 Å². The Morgan fingerprint density at radius 2 is 2.05 bits per heavy atom. The van der Waals surface area contributed by atoms with Gasteiger partial charge in [0.1, 0.15) is 5.82 Å². The fourth-order valence-corrected chi connectivity index (χ4v) is 2.49. The van der Waals surface area contributed by atoms with Crippen LogP contribution in [0, 0.1) is 13.8 Å². The number of hydrogen-bond donors (Lipinski definition) is 2. The average molecular weight is 300 g/mol. The van der Waals surface area contributed by atoms with E-state index < -0.39 is 0 Å². The molecular weight excluding hydrogens is 276 g/mol. The standard InChI is InChI=1S/C17H24N4O/c1-4-8-18-10-11-20-17(22)15-12-13(2)21(14(15)3)16-7-5-6-9-19-16/h5-7,9,12,18H,4,8,10-11H2,1-3H3,(H,20,22). The first-order valence-electron chi connectivity index (χ1n) is 7.74. The maximum absolute atomic E-state index is 12.3. The van der Waals surface area contributed by atoms with E-state index in [1.165, 1.54) is 0 Å². The summed E-state index contributed by atoms with van der Waals surface area (Å²) in [6.07, 6.45) is 2.85. The van der Waals surface area contributed by atoms with Crippen LogP contribution in [0.3, 0.4) is 0 Å². The van der Waals surface area contributed by atoms with E-state index >= 15 is 0 Å². The highest BCUT2D eigenvalue weighted by Gasteiger charge is 2.16. The maximum atomic E-state index is 12.3. The minimum atomic E-state index is -0.0337. The number of aromatic nitrogens is 2. The van der Waals surface area contributed by atoms with E-state index in [2.05, 4.69) is 22.5 Å². The van der Waals surface area contributed by atoms with Crippen LogP contribution in [-0.2, 0) is 0 Å². The molecule has 0 saturated heterocycles. The number of rotatable bonds is 7. The molecule has 2 N–H and O–H groups in total. The van der Waals surface area contributed by atoms with E-state index in [9.17, 15) is 4.79 Å². The van der Waals surface area contributed by atoms with Crippen molar-refractivity contribution in [3.8, 4) is 5.82 Å². The highest BCUT2D eigenvalue weighted by molar-refractivity contribution is 5.95. The van der Waals surface area contributed by atoms with Crippen molar-refractivity contribution in [2.24, 2.45) is 0 Å². The summed E-state index contributed by atoms with van der Waals surface area (Å²) in [6.45, 7) is 8.46. The molecule has 2 heterocycles. The first kappa shape index (κ1) is 16.2. The molecule has 0 aliphatic heterocycles. The molecule has 2 aromatic rings. The summed E-state index contributed by atoms with van der Waals surface area (Å²) in [7, 11) is 0. The van der Waals surface area contributed by atoms with Gasteiger partial charge in [-0.3, -0.25) is 4.79 Å². The minimum Gasteiger partial charge on any atom is -0.351 e. The molecule has 0 aliphatic carbocycles. The van der Waals surface area contributed by atoms with E-state index in [4.69, 9.17) is 0 Å². The molecule has 2 rings (SSSR count). The van der Waals surface area contributed by atoms with Gasteiger partial charge in [0.25, 0.3) is 5.91 Å². The second kappa shape index (κ2) is 7.75. The molecule has 1 amide bonds. The van der Waals surface area contributed by atoms with E-state index in [1.54, 1.807) is 6.20 Å². The lowest BCUT2D eigenvalue weighted by Crippen LogP contribution is -2.32. The molecule has 0 atom stereocenters. The number of hydrogen-bond acceptors (Lipinski definition) is 3. The van der Waals surface area contributed by atoms with Gasteiger partial charge in [-0.25, -0.2) is 4.98 Å². The summed E-state index contributed by atoms with van der Waals surface area (Å²) in [5.74, 6) is 0.801. The lowest BCUT2D eigenvalue weighted by Gasteiger charge is -2.09. The van der Waals surface area contributed by atoms with E-state index in [0.717, 1.165) is 36.7 Å². The first-order chi connectivity index (χ1) is 10.6. The third kappa shape index (κ3) is 3.74. The zero-order chi connectivity index (χ0) is 15.9. The lowest BCUT2D eigenvalue weighted by atomic mass is 10.2. The van der Waals surface area contributed by atoms with Crippen LogP contribution in [0.15, 0.2) is 30.5 Å². The predicted octanol–water partition coefficient (Wildman–Crippen LogP) is 2.22. The Balaban J connectivity index is 2.08. The molecule has 0 fully saturated rings. The van der Waals surface area contributed by atoms with Crippen molar-refractivity contribution in [2.45, 2.75) is 27.2 Å². The number of nitrogens with zero attached hydrogens (tertiary/aromatic N) is 2. The largest absolute Gasteiger partial charge is 0.351 e. The fourth-order valence-electron chi connectivity index (χ4n) is 2.49. The predicted molar refractivity (Wildman–Crippen MR) is 88.5 cm³/mol. The Kier molecular flexibility index (Phi) is 5.72. The molecule has 0 unspecified atom stereocenters.